The maximum atomic E-state index is 11.6. The molecule has 6 nitrogen and oxygen atoms in total. The molecule has 0 saturated carbocycles. The minimum atomic E-state index is -0.357. The van der Waals surface area contributed by atoms with Gasteiger partial charge in [0.2, 0.25) is 5.91 Å². The van der Waals surface area contributed by atoms with Crippen molar-refractivity contribution in [3.05, 3.63) is 24.0 Å². The summed E-state index contributed by atoms with van der Waals surface area (Å²) in [6, 6.07) is 3.35. The smallest absolute Gasteiger partial charge is 0.270 e. The predicted octanol–water partition coefficient (Wildman–Crippen LogP) is 0.379. The van der Waals surface area contributed by atoms with Crippen LogP contribution in [0.25, 0.3) is 0 Å². The number of hydrogen-bond donors (Lipinski definition) is 3. The molecule has 0 aliphatic heterocycles. The molecule has 18 heavy (non-hydrogen) atoms. The van der Waals surface area contributed by atoms with Crippen molar-refractivity contribution in [3.8, 4) is 0 Å². The van der Waals surface area contributed by atoms with Gasteiger partial charge < -0.3 is 16.0 Å². The normalized spacial score (nSPS) is 9.67. The van der Waals surface area contributed by atoms with Crippen molar-refractivity contribution in [1.82, 2.24) is 15.6 Å². The summed E-state index contributed by atoms with van der Waals surface area (Å²) in [5, 5.41) is 8.09. The zero-order valence-electron chi connectivity index (χ0n) is 10.6. The van der Waals surface area contributed by atoms with E-state index in [1.165, 1.54) is 0 Å². The van der Waals surface area contributed by atoms with Crippen LogP contribution in [0.1, 0.15) is 23.8 Å². The third kappa shape index (κ3) is 4.40. The molecule has 0 fully saturated rings. The fraction of sp³-hybridized carbons (Fsp3) is 0.417. The van der Waals surface area contributed by atoms with E-state index < -0.39 is 0 Å². The van der Waals surface area contributed by atoms with Crippen molar-refractivity contribution >= 4 is 17.5 Å². The summed E-state index contributed by atoms with van der Waals surface area (Å²) in [4.78, 5) is 26.9. The van der Waals surface area contributed by atoms with E-state index in [0.717, 1.165) is 12.1 Å². The molecule has 1 rings (SSSR count). The molecule has 0 aliphatic carbocycles. The Morgan fingerprint density at radius 1 is 1.28 bits per heavy atom. The van der Waals surface area contributed by atoms with Gasteiger partial charge in [0, 0.05) is 13.6 Å². The fourth-order valence-electron chi connectivity index (χ4n) is 1.25. The molecule has 0 saturated heterocycles. The zero-order chi connectivity index (χ0) is 13.4. The van der Waals surface area contributed by atoms with E-state index in [1.54, 1.807) is 25.4 Å². The second-order valence-electron chi connectivity index (χ2n) is 3.71. The lowest BCUT2D eigenvalue weighted by Gasteiger charge is -2.06. The highest BCUT2D eigenvalue weighted by Gasteiger charge is 2.08. The Morgan fingerprint density at radius 3 is 2.61 bits per heavy atom. The number of rotatable bonds is 6. The molecule has 0 spiro atoms. The number of carbonyl (C=O) groups is 2. The lowest BCUT2D eigenvalue weighted by molar-refractivity contribution is -0.120. The average Bonchev–Trinajstić information content (AvgIpc) is 2.42. The number of hydrogen-bond acceptors (Lipinski definition) is 4. The van der Waals surface area contributed by atoms with E-state index in [1.807, 2.05) is 6.92 Å². The summed E-state index contributed by atoms with van der Waals surface area (Å²) in [5.41, 5.74) is 1.12. The first-order chi connectivity index (χ1) is 8.67. The summed E-state index contributed by atoms with van der Waals surface area (Å²) < 4.78 is 0. The molecule has 0 aliphatic rings. The highest BCUT2D eigenvalue weighted by molar-refractivity contribution is 5.94. The molecule has 3 N–H and O–H groups in total. The molecular weight excluding hydrogens is 232 g/mol. The summed E-state index contributed by atoms with van der Waals surface area (Å²) in [5.74, 6) is -0.554. The molecule has 1 aromatic rings. The zero-order valence-corrected chi connectivity index (χ0v) is 10.6. The van der Waals surface area contributed by atoms with Gasteiger partial charge in [-0.25, -0.2) is 4.98 Å². The minimum Gasteiger partial charge on any atom is -0.387 e. The van der Waals surface area contributed by atoms with Gasteiger partial charge in [0.15, 0.2) is 0 Å². The van der Waals surface area contributed by atoms with Gasteiger partial charge in [0.25, 0.3) is 5.91 Å². The van der Waals surface area contributed by atoms with E-state index in [9.17, 15) is 9.59 Å². The summed E-state index contributed by atoms with van der Waals surface area (Å²) in [6.07, 6.45) is 2.43. The molecule has 0 unspecified atom stereocenters. The van der Waals surface area contributed by atoms with Crippen LogP contribution in [0, 0.1) is 0 Å². The van der Waals surface area contributed by atoms with Gasteiger partial charge in [0.1, 0.15) is 5.69 Å². The average molecular weight is 250 g/mol. The number of nitrogens with zero attached hydrogens (tertiary/aromatic N) is 1. The molecular formula is C12H18N4O2. The van der Waals surface area contributed by atoms with E-state index in [-0.39, 0.29) is 24.1 Å². The maximum absolute atomic E-state index is 11.6. The number of anilines is 1. The Bertz CT molecular complexity index is 403. The second-order valence-corrected chi connectivity index (χ2v) is 3.71. The van der Waals surface area contributed by atoms with E-state index in [4.69, 9.17) is 0 Å². The molecule has 0 bridgehead atoms. The van der Waals surface area contributed by atoms with Gasteiger partial charge in [-0.1, -0.05) is 6.92 Å². The fourth-order valence-corrected chi connectivity index (χ4v) is 1.25. The number of carbonyl (C=O) groups excluding carboxylic acids is 2. The van der Waals surface area contributed by atoms with Crippen LogP contribution < -0.4 is 16.0 Å². The number of pyridine rings is 1. The Labute approximate surface area is 106 Å². The van der Waals surface area contributed by atoms with Crippen LogP contribution in [0.3, 0.4) is 0 Å². The largest absolute Gasteiger partial charge is 0.387 e. The first-order valence-electron chi connectivity index (χ1n) is 5.86. The van der Waals surface area contributed by atoms with Crippen LogP contribution in [0.2, 0.25) is 0 Å². The SMILES string of the molecule is CCCNC(=O)CNC(=O)c1ccc(NC)cn1. The molecule has 0 radical (unpaired) electrons. The van der Waals surface area contributed by atoms with Crippen molar-refractivity contribution in [3.63, 3.8) is 0 Å². The first kappa shape index (κ1) is 14.0. The molecule has 1 aromatic heterocycles. The van der Waals surface area contributed by atoms with Crippen LogP contribution in [0.4, 0.5) is 5.69 Å². The van der Waals surface area contributed by atoms with Crippen LogP contribution >= 0.6 is 0 Å². The quantitative estimate of drug-likeness (QED) is 0.681. The van der Waals surface area contributed by atoms with Crippen LogP contribution in [-0.2, 0) is 4.79 Å². The van der Waals surface area contributed by atoms with Gasteiger partial charge in [0.05, 0.1) is 18.4 Å². The predicted molar refractivity (Wildman–Crippen MR) is 69.4 cm³/mol. The van der Waals surface area contributed by atoms with Crippen molar-refractivity contribution in [2.75, 3.05) is 25.5 Å². The molecule has 98 valence electrons. The van der Waals surface area contributed by atoms with Crippen LogP contribution in [0.5, 0.6) is 0 Å². The van der Waals surface area contributed by atoms with Gasteiger partial charge in [-0.15, -0.1) is 0 Å². The van der Waals surface area contributed by atoms with E-state index >= 15 is 0 Å². The van der Waals surface area contributed by atoms with Gasteiger partial charge in [-0.05, 0) is 18.6 Å². The second kappa shape index (κ2) is 7.26. The lowest BCUT2D eigenvalue weighted by Crippen LogP contribution is -2.37. The van der Waals surface area contributed by atoms with Crippen molar-refractivity contribution in [2.24, 2.45) is 0 Å². The molecule has 1 heterocycles. The van der Waals surface area contributed by atoms with Crippen molar-refractivity contribution < 1.29 is 9.59 Å². The maximum Gasteiger partial charge on any atom is 0.270 e. The highest BCUT2D eigenvalue weighted by Crippen LogP contribution is 2.04. The lowest BCUT2D eigenvalue weighted by atomic mass is 10.3. The van der Waals surface area contributed by atoms with E-state index in [0.29, 0.717) is 6.54 Å². The van der Waals surface area contributed by atoms with Crippen molar-refractivity contribution in [2.45, 2.75) is 13.3 Å². The summed E-state index contributed by atoms with van der Waals surface area (Å²) >= 11 is 0. The molecule has 0 atom stereocenters. The number of aromatic nitrogens is 1. The first-order valence-corrected chi connectivity index (χ1v) is 5.86. The Kier molecular flexibility index (Phi) is 5.63. The Morgan fingerprint density at radius 2 is 2.06 bits per heavy atom. The van der Waals surface area contributed by atoms with Crippen LogP contribution in [-0.4, -0.2) is 36.9 Å². The number of nitrogens with one attached hydrogen (secondary N) is 3. The molecule has 0 aromatic carbocycles. The minimum absolute atomic E-state index is 0.0334. The highest BCUT2D eigenvalue weighted by atomic mass is 16.2. The third-order valence-electron chi connectivity index (χ3n) is 2.27. The monoisotopic (exact) mass is 250 g/mol. The van der Waals surface area contributed by atoms with E-state index in [2.05, 4.69) is 20.9 Å². The summed E-state index contributed by atoms with van der Waals surface area (Å²) in [7, 11) is 1.77. The molecule has 2 amide bonds. The Balaban J connectivity index is 2.42. The summed E-state index contributed by atoms with van der Waals surface area (Å²) in [6.45, 7) is 2.55. The van der Waals surface area contributed by atoms with Gasteiger partial charge >= 0.3 is 0 Å². The number of amides is 2. The molecule has 6 heteroatoms. The standard InChI is InChI=1S/C12H18N4O2/c1-3-6-14-11(17)8-16-12(18)10-5-4-9(13-2)7-15-10/h4-5,7,13H,3,6,8H2,1-2H3,(H,14,17)(H,16,18). The van der Waals surface area contributed by atoms with Gasteiger partial charge in [-0.2, -0.15) is 0 Å². The van der Waals surface area contributed by atoms with Crippen molar-refractivity contribution in [1.29, 1.82) is 0 Å². The van der Waals surface area contributed by atoms with Crippen LogP contribution in [0.15, 0.2) is 18.3 Å². The third-order valence-corrected chi connectivity index (χ3v) is 2.27. The van der Waals surface area contributed by atoms with Gasteiger partial charge in [-0.3, -0.25) is 9.59 Å². The Hall–Kier alpha value is -2.11. The topological polar surface area (TPSA) is 83.1 Å².